The van der Waals surface area contributed by atoms with Crippen molar-refractivity contribution in [3.8, 4) is 6.07 Å². The van der Waals surface area contributed by atoms with Crippen molar-refractivity contribution in [1.82, 2.24) is 0 Å². The van der Waals surface area contributed by atoms with Crippen molar-refractivity contribution < 1.29 is 0 Å². The number of nitriles is 1. The second kappa shape index (κ2) is 6.05. The van der Waals surface area contributed by atoms with E-state index in [2.05, 4.69) is 22.0 Å². The minimum atomic E-state index is 0.455. The maximum atomic E-state index is 9.16. The van der Waals surface area contributed by atoms with Crippen LogP contribution < -0.4 is 5.73 Å². The quantitative estimate of drug-likeness (QED) is 0.932. The molecule has 0 saturated heterocycles. The number of hydrogen-bond acceptors (Lipinski definition) is 3. The van der Waals surface area contributed by atoms with Crippen molar-refractivity contribution in [3.63, 3.8) is 0 Å². The SMILES string of the molecule is N#Cc1cc(CN)ccc1Sc1cccc(Br)c1. The highest BCUT2D eigenvalue weighted by atomic mass is 79.9. The summed E-state index contributed by atoms with van der Waals surface area (Å²) in [6.45, 7) is 0.455. The van der Waals surface area contributed by atoms with Crippen molar-refractivity contribution >= 4 is 27.7 Å². The fourth-order valence-electron chi connectivity index (χ4n) is 1.54. The summed E-state index contributed by atoms with van der Waals surface area (Å²) >= 11 is 5.02. The molecule has 0 aromatic heterocycles. The molecule has 2 N–H and O–H groups in total. The van der Waals surface area contributed by atoms with Gasteiger partial charge >= 0.3 is 0 Å². The van der Waals surface area contributed by atoms with E-state index in [0.29, 0.717) is 12.1 Å². The zero-order chi connectivity index (χ0) is 13.0. The Morgan fingerprint density at radius 3 is 2.72 bits per heavy atom. The number of halogens is 1. The zero-order valence-corrected chi connectivity index (χ0v) is 12.0. The van der Waals surface area contributed by atoms with Crippen LogP contribution in [0.25, 0.3) is 0 Å². The number of benzene rings is 2. The fourth-order valence-corrected chi connectivity index (χ4v) is 3.03. The van der Waals surface area contributed by atoms with E-state index in [1.807, 2.05) is 42.5 Å². The number of rotatable bonds is 3. The van der Waals surface area contributed by atoms with Gasteiger partial charge in [0.25, 0.3) is 0 Å². The minimum Gasteiger partial charge on any atom is -0.326 e. The molecule has 90 valence electrons. The molecule has 2 aromatic rings. The first-order valence-corrected chi connectivity index (χ1v) is 7.00. The summed E-state index contributed by atoms with van der Waals surface area (Å²) < 4.78 is 1.03. The van der Waals surface area contributed by atoms with Gasteiger partial charge in [0.15, 0.2) is 0 Å². The van der Waals surface area contributed by atoms with Crippen LogP contribution in [0.4, 0.5) is 0 Å². The molecule has 0 saturated carbocycles. The summed E-state index contributed by atoms with van der Waals surface area (Å²) in [7, 11) is 0. The van der Waals surface area contributed by atoms with Gasteiger partial charge in [-0.2, -0.15) is 5.26 Å². The Morgan fingerprint density at radius 2 is 2.06 bits per heavy atom. The van der Waals surface area contributed by atoms with Crippen LogP contribution in [0, 0.1) is 11.3 Å². The Bertz CT molecular complexity index is 605. The molecule has 0 heterocycles. The minimum absolute atomic E-state index is 0.455. The first-order valence-electron chi connectivity index (χ1n) is 5.39. The first kappa shape index (κ1) is 13.2. The van der Waals surface area contributed by atoms with Gasteiger partial charge in [-0.1, -0.05) is 39.8 Å². The maximum absolute atomic E-state index is 9.16. The molecule has 2 rings (SSSR count). The molecule has 0 bridgehead atoms. The summed E-state index contributed by atoms with van der Waals surface area (Å²) in [5.74, 6) is 0. The molecule has 2 nitrogen and oxygen atoms in total. The Kier molecular flexibility index (Phi) is 4.43. The third-order valence-electron chi connectivity index (χ3n) is 2.42. The van der Waals surface area contributed by atoms with E-state index in [0.717, 1.165) is 19.8 Å². The second-order valence-corrected chi connectivity index (χ2v) is 5.74. The van der Waals surface area contributed by atoms with E-state index in [1.54, 1.807) is 11.8 Å². The topological polar surface area (TPSA) is 49.8 Å². The Hall–Kier alpha value is -1.28. The van der Waals surface area contributed by atoms with Gasteiger partial charge < -0.3 is 5.73 Å². The molecule has 0 amide bonds. The van der Waals surface area contributed by atoms with Crippen molar-refractivity contribution in [2.24, 2.45) is 5.73 Å². The van der Waals surface area contributed by atoms with Gasteiger partial charge in [0.1, 0.15) is 6.07 Å². The maximum Gasteiger partial charge on any atom is 0.100 e. The summed E-state index contributed by atoms with van der Waals surface area (Å²) in [6.07, 6.45) is 0. The van der Waals surface area contributed by atoms with E-state index in [4.69, 9.17) is 11.0 Å². The smallest absolute Gasteiger partial charge is 0.100 e. The molecule has 0 radical (unpaired) electrons. The molecular weight excluding hydrogens is 308 g/mol. The van der Waals surface area contributed by atoms with Gasteiger partial charge in [0.05, 0.1) is 5.56 Å². The van der Waals surface area contributed by atoms with Gasteiger partial charge in [-0.25, -0.2) is 0 Å². The summed E-state index contributed by atoms with van der Waals surface area (Å²) in [6, 6.07) is 16.0. The molecule has 4 heteroatoms. The molecule has 0 aliphatic carbocycles. The van der Waals surface area contributed by atoms with Crippen LogP contribution in [0.5, 0.6) is 0 Å². The van der Waals surface area contributed by atoms with Crippen molar-refractivity contribution in [1.29, 1.82) is 5.26 Å². The van der Waals surface area contributed by atoms with E-state index in [-0.39, 0.29) is 0 Å². The van der Waals surface area contributed by atoms with Gasteiger partial charge in [0.2, 0.25) is 0 Å². The predicted molar refractivity (Wildman–Crippen MR) is 77.3 cm³/mol. The molecule has 18 heavy (non-hydrogen) atoms. The molecule has 0 atom stereocenters. The highest BCUT2D eigenvalue weighted by Crippen LogP contribution is 2.32. The monoisotopic (exact) mass is 318 g/mol. The predicted octanol–water partition coefficient (Wildman–Crippen LogP) is 3.93. The van der Waals surface area contributed by atoms with Crippen LogP contribution in [0.2, 0.25) is 0 Å². The normalized spacial score (nSPS) is 10.1. The second-order valence-electron chi connectivity index (χ2n) is 3.71. The van der Waals surface area contributed by atoms with Crippen LogP contribution in [0.3, 0.4) is 0 Å². The lowest BCUT2D eigenvalue weighted by molar-refractivity contribution is 1.06. The van der Waals surface area contributed by atoms with Gasteiger partial charge in [-0.15, -0.1) is 0 Å². The lowest BCUT2D eigenvalue weighted by Gasteiger charge is -2.06. The van der Waals surface area contributed by atoms with Gasteiger partial charge in [-0.05, 0) is 35.9 Å². The molecule has 0 unspecified atom stereocenters. The summed E-state index contributed by atoms with van der Waals surface area (Å²) in [5, 5.41) is 9.16. The molecule has 0 fully saturated rings. The van der Waals surface area contributed by atoms with Crippen LogP contribution in [0.15, 0.2) is 56.7 Å². The average Bonchev–Trinajstić information content (AvgIpc) is 2.39. The first-order chi connectivity index (χ1) is 8.72. The molecule has 2 aromatic carbocycles. The lowest BCUT2D eigenvalue weighted by Crippen LogP contribution is -1.96. The number of nitrogens with zero attached hydrogens (tertiary/aromatic N) is 1. The number of hydrogen-bond donors (Lipinski definition) is 1. The fraction of sp³-hybridized carbons (Fsp3) is 0.0714. The standard InChI is InChI=1S/C14H11BrN2S/c15-12-2-1-3-13(7-12)18-14-5-4-10(8-16)6-11(14)9-17/h1-7H,8,16H2. The molecule has 0 spiro atoms. The highest BCUT2D eigenvalue weighted by molar-refractivity contribution is 9.10. The Balaban J connectivity index is 2.32. The zero-order valence-electron chi connectivity index (χ0n) is 9.56. The Morgan fingerprint density at radius 1 is 1.22 bits per heavy atom. The van der Waals surface area contributed by atoms with E-state index in [1.165, 1.54) is 0 Å². The van der Waals surface area contributed by atoms with Gasteiger partial charge in [-0.3, -0.25) is 0 Å². The van der Waals surface area contributed by atoms with E-state index in [9.17, 15) is 0 Å². The van der Waals surface area contributed by atoms with Crippen molar-refractivity contribution in [2.75, 3.05) is 0 Å². The third-order valence-corrected chi connectivity index (χ3v) is 3.98. The molecule has 0 aliphatic rings. The molecular formula is C14H11BrN2S. The van der Waals surface area contributed by atoms with Crippen LogP contribution in [-0.4, -0.2) is 0 Å². The van der Waals surface area contributed by atoms with Gasteiger partial charge in [0, 0.05) is 20.8 Å². The summed E-state index contributed by atoms with van der Waals surface area (Å²) in [5.41, 5.74) is 7.22. The lowest BCUT2D eigenvalue weighted by atomic mass is 10.1. The summed E-state index contributed by atoms with van der Waals surface area (Å²) in [4.78, 5) is 2.05. The average molecular weight is 319 g/mol. The van der Waals surface area contributed by atoms with E-state index >= 15 is 0 Å². The highest BCUT2D eigenvalue weighted by Gasteiger charge is 2.05. The van der Waals surface area contributed by atoms with Crippen molar-refractivity contribution in [3.05, 3.63) is 58.1 Å². The van der Waals surface area contributed by atoms with E-state index < -0.39 is 0 Å². The third kappa shape index (κ3) is 3.14. The number of nitrogens with two attached hydrogens (primary N) is 1. The molecule has 0 aliphatic heterocycles. The van der Waals surface area contributed by atoms with Crippen molar-refractivity contribution in [2.45, 2.75) is 16.3 Å². The Labute approximate surface area is 119 Å². The largest absolute Gasteiger partial charge is 0.326 e. The van der Waals surface area contributed by atoms with Crippen LogP contribution in [0.1, 0.15) is 11.1 Å². The van der Waals surface area contributed by atoms with Crippen LogP contribution in [-0.2, 0) is 6.54 Å². The van der Waals surface area contributed by atoms with Crippen LogP contribution >= 0.6 is 27.7 Å².